The van der Waals surface area contributed by atoms with Gasteiger partial charge >= 0.3 is 5.97 Å². The molecule has 1 saturated heterocycles. The molecule has 2 aromatic carbocycles. The molecule has 1 heterocycles. The van der Waals surface area contributed by atoms with Gasteiger partial charge in [-0.05, 0) is 43.1 Å². The lowest BCUT2D eigenvalue weighted by atomic mass is 9.76. The van der Waals surface area contributed by atoms with Crippen molar-refractivity contribution in [2.75, 3.05) is 44.7 Å². The highest BCUT2D eigenvalue weighted by Crippen LogP contribution is 2.33. The second-order valence-electron chi connectivity index (χ2n) is 8.09. The normalized spacial score (nSPS) is 17.0. The summed E-state index contributed by atoms with van der Waals surface area (Å²) in [4.78, 5) is 16.9. The Morgan fingerprint density at radius 1 is 1.07 bits per heavy atom. The summed E-state index contributed by atoms with van der Waals surface area (Å²) in [5.41, 5.74) is 2.21. The van der Waals surface area contributed by atoms with Crippen molar-refractivity contribution in [3.8, 4) is 0 Å². The van der Waals surface area contributed by atoms with Crippen molar-refractivity contribution >= 4 is 23.3 Å². The molecule has 2 aromatic rings. The maximum absolute atomic E-state index is 12.0. The smallest absolute Gasteiger partial charge is 0.306 e. The molecule has 1 aliphatic heterocycles. The van der Waals surface area contributed by atoms with Crippen molar-refractivity contribution in [1.29, 1.82) is 0 Å². The molecule has 3 rings (SSSR count). The number of nitrogens with zero attached hydrogens (tertiary/aromatic N) is 2. The van der Waals surface area contributed by atoms with Gasteiger partial charge in [-0.3, -0.25) is 9.69 Å². The molecular weight excluding hydrogens is 384 g/mol. The molecule has 156 valence electrons. The minimum Gasteiger partial charge on any atom is -0.469 e. The number of ether oxygens (including phenoxy) is 1. The fourth-order valence-electron chi connectivity index (χ4n) is 4.16. The Kier molecular flexibility index (Phi) is 7.57. The topological polar surface area (TPSA) is 32.8 Å². The largest absolute Gasteiger partial charge is 0.469 e. The monoisotopic (exact) mass is 414 g/mol. The second-order valence-corrected chi connectivity index (χ2v) is 8.53. The highest BCUT2D eigenvalue weighted by Gasteiger charge is 2.30. The van der Waals surface area contributed by atoms with E-state index in [1.807, 2.05) is 36.4 Å². The third-order valence-electron chi connectivity index (χ3n) is 5.98. The molecule has 5 heteroatoms. The number of piperazine rings is 1. The summed E-state index contributed by atoms with van der Waals surface area (Å²) in [7, 11) is 1.47. The number of carbonyl (C=O) groups excluding carboxylic acids is 1. The number of hydrogen-bond donors (Lipinski definition) is 0. The molecule has 29 heavy (non-hydrogen) atoms. The van der Waals surface area contributed by atoms with Crippen molar-refractivity contribution < 1.29 is 9.53 Å². The first-order valence-electron chi connectivity index (χ1n) is 10.4. The molecule has 0 N–H and O–H groups in total. The zero-order chi connectivity index (χ0) is 20.7. The first-order chi connectivity index (χ1) is 14.0. The Labute approximate surface area is 179 Å². The van der Waals surface area contributed by atoms with E-state index in [0.29, 0.717) is 6.42 Å². The second kappa shape index (κ2) is 10.1. The van der Waals surface area contributed by atoms with Gasteiger partial charge in [-0.15, -0.1) is 0 Å². The Hall–Kier alpha value is -2.04. The predicted molar refractivity (Wildman–Crippen MR) is 120 cm³/mol. The van der Waals surface area contributed by atoms with E-state index in [1.54, 1.807) is 0 Å². The average Bonchev–Trinajstić information content (AvgIpc) is 2.75. The van der Waals surface area contributed by atoms with Crippen LogP contribution in [-0.2, 0) is 14.9 Å². The maximum Gasteiger partial charge on any atom is 0.306 e. The lowest BCUT2D eigenvalue weighted by Gasteiger charge is -2.37. The Bertz CT molecular complexity index is 790. The zero-order valence-electron chi connectivity index (χ0n) is 17.4. The van der Waals surface area contributed by atoms with Crippen LogP contribution in [0.1, 0.15) is 31.7 Å². The van der Waals surface area contributed by atoms with Crippen molar-refractivity contribution in [3.05, 3.63) is 65.2 Å². The van der Waals surface area contributed by atoms with Crippen LogP contribution in [0.5, 0.6) is 0 Å². The van der Waals surface area contributed by atoms with E-state index in [1.165, 1.54) is 18.4 Å². The standard InChI is InChI=1S/C24H31ClN2O2/c1-24(19-23(28)29-2,20-8-4-3-5-9-20)12-7-13-26-14-16-27(17-15-26)22-11-6-10-21(25)18-22/h3-6,8-11,18H,7,12-17,19H2,1-2H3. The summed E-state index contributed by atoms with van der Waals surface area (Å²) in [6.07, 6.45) is 2.43. The highest BCUT2D eigenvalue weighted by atomic mass is 35.5. The summed E-state index contributed by atoms with van der Waals surface area (Å²) in [6, 6.07) is 18.4. The summed E-state index contributed by atoms with van der Waals surface area (Å²) in [6.45, 7) is 7.34. The molecule has 4 nitrogen and oxygen atoms in total. The molecule has 0 amide bonds. The lowest BCUT2D eigenvalue weighted by molar-refractivity contribution is -0.142. The van der Waals surface area contributed by atoms with Crippen LogP contribution in [0.3, 0.4) is 0 Å². The van der Waals surface area contributed by atoms with Crippen LogP contribution in [0.4, 0.5) is 5.69 Å². The number of benzene rings is 2. The van der Waals surface area contributed by atoms with Gasteiger partial charge in [0.1, 0.15) is 0 Å². The van der Waals surface area contributed by atoms with Gasteiger partial charge in [0, 0.05) is 42.3 Å². The molecule has 0 bridgehead atoms. The predicted octanol–water partition coefficient (Wildman–Crippen LogP) is 4.76. The van der Waals surface area contributed by atoms with E-state index in [-0.39, 0.29) is 11.4 Å². The van der Waals surface area contributed by atoms with Gasteiger partial charge in [-0.2, -0.15) is 0 Å². The first-order valence-corrected chi connectivity index (χ1v) is 10.7. The molecular formula is C24H31ClN2O2. The zero-order valence-corrected chi connectivity index (χ0v) is 18.2. The van der Waals surface area contributed by atoms with E-state index in [4.69, 9.17) is 16.3 Å². The Morgan fingerprint density at radius 3 is 2.45 bits per heavy atom. The fraction of sp³-hybridized carbons (Fsp3) is 0.458. The van der Waals surface area contributed by atoms with Crippen molar-refractivity contribution in [1.82, 2.24) is 4.90 Å². The van der Waals surface area contributed by atoms with E-state index < -0.39 is 0 Å². The quantitative estimate of drug-likeness (QED) is 0.583. The number of halogens is 1. The van der Waals surface area contributed by atoms with E-state index >= 15 is 0 Å². The maximum atomic E-state index is 12.0. The average molecular weight is 415 g/mol. The van der Waals surface area contributed by atoms with Gasteiger partial charge in [0.05, 0.1) is 13.5 Å². The minimum atomic E-state index is -0.197. The number of methoxy groups -OCH3 is 1. The minimum absolute atomic E-state index is 0.147. The summed E-state index contributed by atoms with van der Waals surface area (Å²) >= 11 is 6.13. The molecule has 0 aromatic heterocycles. The Morgan fingerprint density at radius 2 is 1.79 bits per heavy atom. The van der Waals surface area contributed by atoms with Crippen molar-refractivity contribution in [3.63, 3.8) is 0 Å². The van der Waals surface area contributed by atoms with Gasteiger partial charge < -0.3 is 9.64 Å². The van der Waals surface area contributed by atoms with Crippen LogP contribution in [0.15, 0.2) is 54.6 Å². The third-order valence-corrected chi connectivity index (χ3v) is 6.22. The molecule has 1 unspecified atom stereocenters. The molecule has 1 aliphatic rings. The highest BCUT2D eigenvalue weighted by molar-refractivity contribution is 6.30. The molecule has 0 saturated carbocycles. The molecule has 1 fully saturated rings. The van der Waals surface area contributed by atoms with Crippen molar-refractivity contribution in [2.45, 2.75) is 31.6 Å². The Balaban J connectivity index is 1.52. The summed E-state index contributed by atoms with van der Waals surface area (Å²) in [5, 5.41) is 0.788. The van der Waals surface area contributed by atoms with Crippen LogP contribution in [0.25, 0.3) is 0 Å². The van der Waals surface area contributed by atoms with E-state index in [9.17, 15) is 4.79 Å². The van der Waals surface area contributed by atoms with Gasteiger partial charge in [-0.1, -0.05) is 54.9 Å². The van der Waals surface area contributed by atoms with Crippen molar-refractivity contribution in [2.24, 2.45) is 0 Å². The molecule has 0 spiro atoms. The number of hydrogen-bond acceptors (Lipinski definition) is 4. The van der Waals surface area contributed by atoms with Crippen LogP contribution < -0.4 is 4.90 Å². The molecule has 0 aliphatic carbocycles. The summed E-state index contributed by atoms with van der Waals surface area (Å²) in [5.74, 6) is -0.147. The van der Waals surface area contributed by atoms with Crippen LogP contribution >= 0.6 is 11.6 Å². The first kappa shape index (κ1) is 21.7. The van der Waals surface area contributed by atoms with Gasteiger partial charge in [-0.25, -0.2) is 0 Å². The van der Waals surface area contributed by atoms with E-state index in [2.05, 4.69) is 34.9 Å². The fourth-order valence-corrected chi connectivity index (χ4v) is 4.35. The molecule has 0 radical (unpaired) electrons. The van der Waals surface area contributed by atoms with Crippen LogP contribution in [0, 0.1) is 0 Å². The van der Waals surface area contributed by atoms with E-state index in [0.717, 1.165) is 50.6 Å². The van der Waals surface area contributed by atoms with Gasteiger partial charge in [0.2, 0.25) is 0 Å². The van der Waals surface area contributed by atoms with Gasteiger partial charge in [0.25, 0.3) is 0 Å². The lowest BCUT2D eigenvalue weighted by Crippen LogP contribution is -2.46. The van der Waals surface area contributed by atoms with Crippen LogP contribution in [-0.4, -0.2) is 50.7 Å². The molecule has 1 atom stereocenters. The van der Waals surface area contributed by atoms with Crippen LogP contribution in [0.2, 0.25) is 5.02 Å². The SMILES string of the molecule is COC(=O)CC(C)(CCCN1CCN(c2cccc(Cl)c2)CC1)c1ccccc1. The number of anilines is 1. The number of carbonyl (C=O) groups is 1. The summed E-state index contributed by atoms with van der Waals surface area (Å²) < 4.78 is 4.96. The third kappa shape index (κ3) is 5.97. The number of esters is 1. The number of rotatable bonds is 8. The van der Waals surface area contributed by atoms with Gasteiger partial charge in [0.15, 0.2) is 0 Å².